The summed E-state index contributed by atoms with van der Waals surface area (Å²) in [5.41, 5.74) is -0.497. The van der Waals surface area contributed by atoms with Crippen molar-refractivity contribution in [3.05, 3.63) is 0 Å². The van der Waals surface area contributed by atoms with Crippen molar-refractivity contribution in [3.63, 3.8) is 0 Å². The molecule has 1 saturated heterocycles. The van der Waals surface area contributed by atoms with Gasteiger partial charge in [-0.25, -0.2) is 8.42 Å². The van der Waals surface area contributed by atoms with Gasteiger partial charge in [-0.15, -0.1) is 0 Å². The van der Waals surface area contributed by atoms with E-state index in [4.69, 9.17) is 4.74 Å². The predicted molar refractivity (Wildman–Crippen MR) is 68.6 cm³/mol. The molecule has 0 saturated carbocycles. The number of rotatable bonds is 4. The molecule has 1 aliphatic rings. The van der Waals surface area contributed by atoms with Gasteiger partial charge >= 0.3 is 0 Å². The van der Waals surface area contributed by atoms with Gasteiger partial charge in [-0.1, -0.05) is 20.8 Å². The smallest absolute Gasteiger partial charge is 0.225 e. The third-order valence-corrected chi connectivity index (χ3v) is 4.56. The Bertz CT molecular complexity index is 380. The molecular weight excluding hydrogens is 256 g/mol. The summed E-state index contributed by atoms with van der Waals surface area (Å²) < 4.78 is 30.4. The number of morpholine rings is 1. The molecule has 1 fully saturated rings. The van der Waals surface area contributed by atoms with Gasteiger partial charge in [0, 0.05) is 25.0 Å². The molecule has 1 aliphatic heterocycles. The number of nitrogens with one attached hydrogen (secondary N) is 1. The largest absolute Gasteiger partial charge is 0.379 e. The highest BCUT2D eigenvalue weighted by Crippen LogP contribution is 2.12. The molecule has 1 heterocycles. The lowest BCUT2D eigenvalue weighted by atomic mass is 9.96. The van der Waals surface area contributed by atoms with Crippen molar-refractivity contribution < 1.29 is 17.9 Å². The molecule has 0 unspecified atom stereocenters. The van der Waals surface area contributed by atoms with Crippen molar-refractivity contribution in [2.24, 2.45) is 5.41 Å². The zero-order chi connectivity index (χ0) is 13.8. The second-order valence-electron chi connectivity index (χ2n) is 5.33. The Kier molecular flexibility index (Phi) is 5.12. The van der Waals surface area contributed by atoms with E-state index in [1.165, 1.54) is 4.31 Å². The van der Waals surface area contributed by atoms with Crippen molar-refractivity contribution in [1.82, 2.24) is 9.62 Å². The maximum Gasteiger partial charge on any atom is 0.225 e. The van der Waals surface area contributed by atoms with Crippen molar-refractivity contribution in [1.29, 1.82) is 0 Å². The van der Waals surface area contributed by atoms with Gasteiger partial charge in [-0.2, -0.15) is 4.31 Å². The van der Waals surface area contributed by atoms with Gasteiger partial charge in [0.05, 0.1) is 19.0 Å². The van der Waals surface area contributed by atoms with Crippen LogP contribution in [0.25, 0.3) is 0 Å². The molecule has 6 nitrogen and oxygen atoms in total. The summed E-state index contributed by atoms with van der Waals surface area (Å²) in [6.07, 6.45) is 0. The second-order valence-corrected chi connectivity index (χ2v) is 7.42. The van der Waals surface area contributed by atoms with Crippen LogP contribution in [-0.2, 0) is 19.6 Å². The molecule has 0 aromatic carbocycles. The summed E-state index contributed by atoms with van der Waals surface area (Å²) in [6, 6.07) is 0. The first-order valence-electron chi connectivity index (χ1n) is 6.07. The molecule has 0 aromatic rings. The van der Waals surface area contributed by atoms with Gasteiger partial charge in [0.1, 0.15) is 0 Å². The number of hydrogen-bond acceptors (Lipinski definition) is 4. The summed E-state index contributed by atoms with van der Waals surface area (Å²) in [5.74, 6) is -0.200. The van der Waals surface area contributed by atoms with Crippen molar-refractivity contribution >= 4 is 15.9 Å². The number of carbonyl (C=O) groups excluding carboxylic acids is 1. The topological polar surface area (TPSA) is 75.7 Å². The lowest BCUT2D eigenvalue weighted by Crippen LogP contribution is -2.44. The summed E-state index contributed by atoms with van der Waals surface area (Å²) in [6.45, 7) is 7.19. The quantitative estimate of drug-likeness (QED) is 0.773. The van der Waals surface area contributed by atoms with Gasteiger partial charge in [0.25, 0.3) is 0 Å². The van der Waals surface area contributed by atoms with Crippen LogP contribution in [0, 0.1) is 5.41 Å². The fourth-order valence-corrected chi connectivity index (χ4v) is 2.84. The monoisotopic (exact) mass is 278 g/mol. The van der Waals surface area contributed by atoms with E-state index in [2.05, 4.69) is 5.32 Å². The maximum absolute atomic E-state index is 11.9. The van der Waals surface area contributed by atoms with Crippen LogP contribution < -0.4 is 5.32 Å². The average molecular weight is 278 g/mol. The molecular formula is C11H22N2O4S. The minimum absolute atomic E-state index is 0.0607. The third kappa shape index (κ3) is 4.55. The van der Waals surface area contributed by atoms with Crippen molar-refractivity contribution in [2.45, 2.75) is 20.8 Å². The van der Waals surface area contributed by atoms with Crippen LogP contribution in [0.3, 0.4) is 0 Å². The summed E-state index contributed by atoms with van der Waals surface area (Å²) in [5, 5.41) is 2.64. The van der Waals surface area contributed by atoms with E-state index in [0.29, 0.717) is 26.3 Å². The zero-order valence-electron chi connectivity index (χ0n) is 11.2. The van der Waals surface area contributed by atoms with E-state index < -0.39 is 15.4 Å². The predicted octanol–water partition coefficient (Wildman–Crippen LogP) is -0.189. The Morgan fingerprint density at radius 3 is 2.33 bits per heavy atom. The summed E-state index contributed by atoms with van der Waals surface area (Å²) in [4.78, 5) is 11.6. The van der Waals surface area contributed by atoms with E-state index in [-0.39, 0.29) is 18.2 Å². The number of nitrogens with zero attached hydrogens (tertiary/aromatic N) is 1. The number of hydrogen-bond donors (Lipinski definition) is 1. The van der Waals surface area contributed by atoms with E-state index in [1.807, 2.05) is 0 Å². The Morgan fingerprint density at radius 1 is 1.28 bits per heavy atom. The molecule has 7 heteroatoms. The summed E-state index contributed by atoms with van der Waals surface area (Å²) >= 11 is 0. The van der Waals surface area contributed by atoms with Gasteiger partial charge in [-0.3, -0.25) is 4.79 Å². The number of amides is 1. The molecule has 18 heavy (non-hydrogen) atoms. The Hall–Kier alpha value is -0.660. The minimum Gasteiger partial charge on any atom is -0.379 e. The minimum atomic E-state index is -3.29. The molecule has 0 aliphatic carbocycles. The maximum atomic E-state index is 11.9. The van der Waals surface area contributed by atoms with Crippen LogP contribution in [0.5, 0.6) is 0 Å². The van der Waals surface area contributed by atoms with Crippen LogP contribution in [-0.4, -0.2) is 57.2 Å². The normalized spacial score (nSPS) is 18.6. The molecule has 0 bridgehead atoms. The van der Waals surface area contributed by atoms with E-state index in [1.54, 1.807) is 20.8 Å². The Labute approximate surface area is 109 Å². The van der Waals surface area contributed by atoms with Crippen LogP contribution >= 0.6 is 0 Å². The fraction of sp³-hybridized carbons (Fsp3) is 0.909. The SMILES string of the molecule is CC(C)(C)C(=O)NCCS(=O)(=O)N1CCOCC1. The molecule has 0 spiro atoms. The van der Waals surface area contributed by atoms with Gasteiger partial charge in [-0.05, 0) is 0 Å². The van der Waals surface area contributed by atoms with Crippen LogP contribution in [0.1, 0.15) is 20.8 Å². The van der Waals surface area contributed by atoms with E-state index >= 15 is 0 Å². The first-order chi connectivity index (χ1) is 8.23. The number of carbonyl (C=O) groups is 1. The van der Waals surface area contributed by atoms with E-state index in [0.717, 1.165) is 0 Å². The highest BCUT2D eigenvalue weighted by molar-refractivity contribution is 7.89. The first kappa shape index (κ1) is 15.4. The van der Waals surface area contributed by atoms with Gasteiger partial charge in [0.2, 0.25) is 15.9 Å². The van der Waals surface area contributed by atoms with Crippen LogP contribution in [0.15, 0.2) is 0 Å². The fourth-order valence-electron chi connectivity index (χ4n) is 1.51. The summed E-state index contributed by atoms with van der Waals surface area (Å²) in [7, 11) is -3.29. The lowest BCUT2D eigenvalue weighted by Gasteiger charge is -2.26. The number of ether oxygens (including phenoxy) is 1. The molecule has 1 N–H and O–H groups in total. The third-order valence-electron chi connectivity index (χ3n) is 2.69. The van der Waals surface area contributed by atoms with Crippen molar-refractivity contribution in [3.8, 4) is 0 Å². The Morgan fingerprint density at radius 2 is 1.83 bits per heavy atom. The van der Waals surface area contributed by atoms with Crippen LogP contribution in [0.2, 0.25) is 0 Å². The van der Waals surface area contributed by atoms with Crippen LogP contribution in [0.4, 0.5) is 0 Å². The molecule has 0 radical (unpaired) electrons. The Balaban J connectivity index is 2.40. The second kappa shape index (κ2) is 5.99. The molecule has 1 rings (SSSR count). The van der Waals surface area contributed by atoms with Gasteiger partial charge in [0.15, 0.2) is 0 Å². The van der Waals surface area contributed by atoms with Gasteiger partial charge < -0.3 is 10.1 Å². The zero-order valence-corrected chi connectivity index (χ0v) is 12.0. The number of sulfonamides is 1. The highest BCUT2D eigenvalue weighted by Gasteiger charge is 2.25. The first-order valence-corrected chi connectivity index (χ1v) is 7.68. The molecule has 106 valence electrons. The lowest BCUT2D eigenvalue weighted by molar-refractivity contribution is -0.128. The van der Waals surface area contributed by atoms with E-state index in [9.17, 15) is 13.2 Å². The molecule has 0 atom stereocenters. The highest BCUT2D eigenvalue weighted by atomic mass is 32.2. The average Bonchev–Trinajstić information content (AvgIpc) is 2.28. The molecule has 1 amide bonds. The molecule has 0 aromatic heterocycles. The van der Waals surface area contributed by atoms with Crippen molar-refractivity contribution in [2.75, 3.05) is 38.6 Å². The standard InChI is InChI=1S/C11H22N2O4S/c1-11(2,3)10(14)12-4-9-18(15,16)13-5-7-17-8-6-13/h4-9H2,1-3H3,(H,12,14).